The first kappa shape index (κ1) is 26.6. The minimum atomic E-state index is -1.15. The minimum Gasteiger partial charge on any atom is -0.457 e. The number of carbonyl (C=O) groups is 1. The molecule has 0 aliphatic heterocycles. The number of nitrogens with one attached hydrogen (secondary N) is 3. The average molecular weight is 531 g/mol. The molecule has 1 amide bonds. The molecule has 5 N–H and O–H groups in total. The highest BCUT2D eigenvalue weighted by Crippen LogP contribution is 2.38. The molecule has 204 valence electrons. The number of hydrogen-bond acceptors (Lipinski definition) is 8. The fourth-order valence-electron chi connectivity index (χ4n) is 5.12. The number of ether oxygens (including phenoxy) is 1. The fourth-order valence-corrected chi connectivity index (χ4v) is 5.12. The normalized spacial score (nSPS) is 20.7. The van der Waals surface area contributed by atoms with Gasteiger partial charge in [0.15, 0.2) is 0 Å². The van der Waals surface area contributed by atoms with Gasteiger partial charge < -0.3 is 35.5 Å². The molecule has 2 aromatic heterocycles. The molecule has 39 heavy (non-hydrogen) atoms. The van der Waals surface area contributed by atoms with Crippen molar-refractivity contribution in [2.24, 2.45) is 5.92 Å². The lowest BCUT2D eigenvalue weighted by Crippen LogP contribution is -2.39. The Labute approximate surface area is 227 Å². The zero-order valence-electron chi connectivity index (χ0n) is 21.8. The quantitative estimate of drug-likeness (QED) is 0.187. The van der Waals surface area contributed by atoms with Crippen molar-refractivity contribution in [3.63, 3.8) is 0 Å². The van der Waals surface area contributed by atoms with Crippen molar-refractivity contribution < 1.29 is 19.7 Å². The second-order valence-electron chi connectivity index (χ2n) is 9.71. The first-order valence-corrected chi connectivity index (χ1v) is 13.2. The number of aromatic nitrogens is 3. The summed E-state index contributed by atoms with van der Waals surface area (Å²) < 4.78 is 7.72. The summed E-state index contributed by atoms with van der Waals surface area (Å²) >= 11 is 0. The van der Waals surface area contributed by atoms with E-state index in [0.717, 1.165) is 28.9 Å². The van der Waals surface area contributed by atoms with Crippen molar-refractivity contribution in [1.82, 2.24) is 25.2 Å². The molecule has 4 atom stereocenters. The van der Waals surface area contributed by atoms with Gasteiger partial charge in [-0.1, -0.05) is 30.3 Å². The van der Waals surface area contributed by atoms with Crippen molar-refractivity contribution in [1.29, 1.82) is 0 Å². The molecule has 1 aliphatic rings. The number of benzene rings is 2. The molecule has 10 heteroatoms. The van der Waals surface area contributed by atoms with Crippen LogP contribution in [-0.2, 0) is 11.3 Å². The summed E-state index contributed by atoms with van der Waals surface area (Å²) in [5, 5.41) is 31.6. The minimum absolute atomic E-state index is 0.253. The Morgan fingerprint density at radius 2 is 1.85 bits per heavy atom. The third-order valence-electron chi connectivity index (χ3n) is 7.13. The smallest absolute Gasteiger partial charge is 0.225 e. The van der Waals surface area contributed by atoms with E-state index in [2.05, 4.69) is 25.9 Å². The summed E-state index contributed by atoms with van der Waals surface area (Å²) in [6.07, 6.45) is 2.09. The van der Waals surface area contributed by atoms with Crippen LogP contribution in [-0.4, -0.2) is 63.0 Å². The van der Waals surface area contributed by atoms with E-state index in [-0.39, 0.29) is 5.91 Å². The van der Waals surface area contributed by atoms with E-state index < -0.39 is 24.2 Å². The Bertz CT molecular complexity index is 1400. The number of para-hydroxylation sites is 1. The lowest BCUT2D eigenvalue weighted by atomic mass is 10.0. The Balaban J connectivity index is 1.07. The van der Waals surface area contributed by atoms with Gasteiger partial charge in [0, 0.05) is 26.3 Å². The summed E-state index contributed by atoms with van der Waals surface area (Å²) in [6.45, 7) is 1.86. The zero-order valence-corrected chi connectivity index (χ0v) is 21.8. The summed E-state index contributed by atoms with van der Waals surface area (Å²) in [5.74, 6) is 1.31. The highest BCUT2D eigenvalue weighted by atomic mass is 16.5. The summed E-state index contributed by atoms with van der Waals surface area (Å²) in [6, 6.07) is 19.0. The van der Waals surface area contributed by atoms with Crippen LogP contribution < -0.4 is 20.7 Å². The van der Waals surface area contributed by atoms with Gasteiger partial charge in [0.05, 0.1) is 23.4 Å². The lowest BCUT2D eigenvalue weighted by Gasteiger charge is -2.19. The molecule has 0 radical (unpaired) electrons. The predicted octanol–water partition coefficient (Wildman–Crippen LogP) is 2.84. The van der Waals surface area contributed by atoms with Gasteiger partial charge in [-0.05, 0) is 55.3 Å². The van der Waals surface area contributed by atoms with Gasteiger partial charge >= 0.3 is 0 Å². The maximum atomic E-state index is 12.9. The van der Waals surface area contributed by atoms with Gasteiger partial charge in [-0.15, -0.1) is 0 Å². The number of hydrogen-bond donors (Lipinski definition) is 5. The molecular formula is C29H34N6O4. The predicted molar refractivity (Wildman–Crippen MR) is 149 cm³/mol. The first-order valence-electron chi connectivity index (χ1n) is 13.2. The van der Waals surface area contributed by atoms with Crippen molar-refractivity contribution in [2.75, 3.05) is 25.5 Å². The Kier molecular flexibility index (Phi) is 8.36. The number of carbonyl (C=O) groups excluding carboxylic acids is 1. The molecule has 10 nitrogen and oxygen atoms in total. The van der Waals surface area contributed by atoms with Crippen LogP contribution in [0.25, 0.3) is 11.0 Å². The van der Waals surface area contributed by atoms with Gasteiger partial charge in [-0.3, -0.25) is 4.79 Å². The van der Waals surface area contributed by atoms with Gasteiger partial charge in [0.2, 0.25) is 5.91 Å². The number of anilines is 1. The second kappa shape index (κ2) is 12.2. The van der Waals surface area contributed by atoms with Crippen molar-refractivity contribution >= 4 is 22.8 Å². The summed E-state index contributed by atoms with van der Waals surface area (Å²) in [7, 11) is 1.78. The van der Waals surface area contributed by atoms with Gasteiger partial charge in [-0.25, -0.2) is 9.97 Å². The molecule has 0 saturated heterocycles. The molecule has 2 heterocycles. The number of nitrogens with zero attached hydrogens (tertiary/aromatic N) is 3. The molecule has 5 rings (SSSR count). The van der Waals surface area contributed by atoms with E-state index >= 15 is 0 Å². The van der Waals surface area contributed by atoms with E-state index in [0.29, 0.717) is 37.5 Å². The van der Waals surface area contributed by atoms with Crippen LogP contribution in [0.1, 0.15) is 24.4 Å². The largest absolute Gasteiger partial charge is 0.457 e. The van der Waals surface area contributed by atoms with Crippen LogP contribution in [0, 0.1) is 5.92 Å². The number of fused-ring (bicyclic) bond motifs is 1. The average Bonchev–Trinajstić information content (AvgIpc) is 3.52. The van der Waals surface area contributed by atoms with Crippen LogP contribution in [0.2, 0.25) is 0 Å². The van der Waals surface area contributed by atoms with Gasteiger partial charge in [0.25, 0.3) is 0 Å². The second-order valence-corrected chi connectivity index (χ2v) is 9.71. The molecule has 2 aromatic carbocycles. The van der Waals surface area contributed by atoms with Gasteiger partial charge in [-0.2, -0.15) is 0 Å². The maximum absolute atomic E-state index is 12.9. The first-order chi connectivity index (χ1) is 19.0. The fraction of sp³-hybridized carbons (Fsp3) is 0.345. The maximum Gasteiger partial charge on any atom is 0.225 e. The number of rotatable bonds is 11. The van der Waals surface area contributed by atoms with E-state index in [1.54, 1.807) is 7.05 Å². The number of aliphatic hydroxyl groups is 2. The Morgan fingerprint density at radius 1 is 1.03 bits per heavy atom. The number of amides is 1. The summed E-state index contributed by atoms with van der Waals surface area (Å²) in [5.41, 5.74) is 1.75. The SMILES string of the molecule is CNc1ncnc2c1ccn2[C@@H]1C[C@H](C(=O)NCCCNCc2cccc(Oc3ccccc3)c2)[C@@H](O)[C@H]1O. The molecule has 4 aromatic rings. The van der Waals surface area contributed by atoms with Crippen molar-refractivity contribution in [3.05, 3.63) is 78.8 Å². The van der Waals surface area contributed by atoms with E-state index in [9.17, 15) is 15.0 Å². The molecule has 0 unspecified atom stereocenters. The van der Waals surface area contributed by atoms with Crippen LogP contribution in [0.3, 0.4) is 0 Å². The summed E-state index contributed by atoms with van der Waals surface area (Å²) in [4.78, 5) is 21.4. The molecular weight excluding hydrogens is 496 g/mol. The topological polar surface area (TPSA) is 134 Å². The molecule has 0 bridgehead atoms. The Morgan fingerprint density at radius 3 is 2.67 bits per heavy atom. The monoisotopic (exact) mass is 530 g/mol. The van der Waals surface area contributed by atoms with E-state index in [1.807, 2.05) is 71.4 Å². The van der Waals surface area contributed by atoms with Crippen LogP contribution >= 0.6 is 0 Å². The molecule has 1 saturated carbocycles. The van der Waals surface area contributed by atoms with Crippen LogP contribution in [0.5, 0.6) is 11.5 Å². The highest BCUT2D eigenvalue weighted by Gasteiger charge is 2.46. The third kappa shape index (κ3) is 6.03. The van der Waals surface area contributed by atoms with E-state index in [1.165, 1.54) is 6.33 Å². The highest BCUT2D eigenvalue weighted by molar-refractivity contribution is 5.87. The van der Waals surface area contributed by atoms with E-state index in [4.69, 9.17) is 4.74 Å². The molecule has 1 fully saturated rings. The van der Waals surface area contributed by atoms with Gasteiger partial charge in [0.1, 0.15) is 35.4 Å². The molecule has 0 spiro atoms. The number of aliphatic hydroxyl groups excluding tert-OH is 2. The zero-order chi connectivity index (χ0) is 27.2. The Hall–Kier alpha value is -3.99. The van der Waals surface area contributed by atoms with Crippen molar-refractivity contribution in [2.45, 2.75) is 37.6 Å². The lowest BCUT2D eigenvalue weighted by molar-refractivity contribution is -0.128. The molecule has 1 aliphatic carbocycles. The standard InChI is InChI=1S/C29H34N6O4/c1-30-27-22-11-14-35(28(22)34-18-33-27)24-16-23(25(36)26(24)37)29(38)32-13-6-12-31-17-19-7-5-10-21(15-19)39-20-8-3-2-4-9-20/h2-5,7-11,14-15,18,23-26,31,36-37H,6,12-13,16-17H2,1H3,(H,32,38)(H,30,33,34)/t23-,24+,25+,26-/m0/s1. The van der Waals surface area contributed by atoms with Crippen LogP contribution in [0.15, 0.2) is 73.2 Å². The third-order valence-corrected chi connectivity index (χ3v) is 7.13. The van der Waals surface area contributed by atoms with Crippen molar-refractivity contribution in [3.8, 4) is 11.5 Å². The van der Waals surface area contributed by atoms with Crippen LogP contribution in [0.4, 0.5) is 5.82 Å².